The third-order valence-electron chi connectivity index (χ3n) is 2.75. The van der Waals surface area contributed by atoms with Crippen LogP contribution in [0.2, 0.25) is 0 Å². The maximum Gasteiger partial charge on any atom is 0.573 e. The van der Waals surface area contributed by atoms with Crippen molar-refractivity contribution in [1.82, 2.24) is 5.32 Å². The first-order valence-electron chi connectivity index (χ1n) is 6.00. The molecule has 0 radical (unpaired) electrons. The predicted molar refractivity (Wildman–Crippen MR) is 65.7 cm³/mol. The van der Waals surface area contributed by atoms with Crippen LogP contribution in [0.25, 0.3) is 0 Å². The molecule has 0 amide bonds. The van der Waals surface area contributed by atoms with E-state index in [-0.39, 0.29) is 5.75 Å². The summed E-state index contributed by atoms with van der Waals surface area (Å²) in [6.07, 6.45) is -4.04. The van der Waals surface area contributed by atoms with Gasteiger partial charge in [-0.3, -0.25) is 0 Å². The molecule has 0 heterocycles. The minimum absolute atomic E-state index is 0.239. The smallest absolute Gasteiger partial charge is 0.406 e. The Morgan fingerprint density at radius 1 is 1.21 bits per heavy atom. The number of halogens is 3. The summed E-state index contributed by atoms with van der Waals surface area (Å²) >= 11 is 0. The number of hydrogen-bond acceptors (Lipinski definition) is 3. The van der Waals surface area contributed by atoms with Crippen LogP contribution in [0.1, 0.15) is 25.8 Å². The largest absolute Gasteiger partial charge is 0.573 e. The second kappa shape index (κ2) is 6.25. The molecule has 19 heavy (non-hydrogen) atoms. The summed E-state index contributed by atoms with van der Waals surface area (Å²) in [4.78, 5) is 0. The molecule has 1 atom stereocenters. The Labute approximate surface area is 110 Å². The summed E-state index contributed by atoms with van der Waals surface area (Å²) in [5.41, 5.74) is 0.0423. The second-order valence-electron chi connectivity index (χ2n) is 4.65. The summed E-state index contributed by atoms with van der Waals surface area (Å²) in [5.74, 6) is -0.239. The number of aliphatic hydroxyl groups is 1. The average molecular weight is 277 g/mol. The van der Waals surface area contributed by atoms with Crippen LogP contribution < -0.4 is 10.1 Å². The monoisotopic (exact) mass is 277 g/mol. The summed E-state index contributed by atoms with van der Waals surface area (Å²) in [7, 11) is 0. The fraction of sp³-hybridized carbons (Fsp3) is 0.538. The van der Waals surface area contributed by atoms with Gasteiger partial charge in [0.05, 0.1) is 5.60 Å². The molecule has 1 unspecified atom stereocenters. The molecule has 0 fully saturated rings. The molecule has 0 bridgehead atoms. The maximum atomic E-state index is 12.0. The van der Waals surface area contributed by atoms with Crippen LogP contribution in [-0.4, -0.2) is 23.6 Å². The fourth-order valence-electron chi connectivity index (χ4n) is 1.41. The van der Waals surface area contributed by atoms with Crippen molar-refractivity contribution in [3.05, 3.63) is 29.8 Å². The molecule has 2 N–H and O–H groups in total. The van der Waals surface area contributed by atoms with Crippen molar-refractivity contribution in [3.63, 3.8) is 0 Å². The molecular weight excluding hydrogens is 259 g/mol. The van der Waals surface area contributed by atoms with Crippen molar-refractivity contribution in [2.75, 3.05) is 6.54 Å². The lowest BCUT2D eigenvalue weighted by Crippen LogP contribution is -2.36. The molecule has 0 saturated heterocycles. The van der Waals surface area contributed by atoms with E-state index < -0.39 is 12.0 Å². The van der Waals surface area contributed by atoms with E-state index in [1.165, 1.54) is 12.1 Å². The van der Waals surface area contributed by atoms with Crippen molar-refractivity contribution in [2.45, 2.75) is 38.8 Å². The first-order valence-corrected chi connectivity index (χ1v) is 6.00. The number of alkyl halides is 3. The Hall–Kier alpha value is -1.27. The number of ether oxygens (including phenoxy) is 1. The normalized spacial score (nSPS) is 15.1. The molecule has 0 saturated carbocycles. The molecule has 6 heteroatoms. The van der Waals surface area contributed by atoms with Gasteiger partial charge in [-0.1, -0.05) is 19.1 Å². The van der Waals surface area contributed by atoms with Gasteiger partial charge in [0.15, 0.2) is 0 Å². The molecule has 1 aromatic rings. The molecule has 0 aliphatic carbocycles. The Balaban J connectivity index is 2.45. The molecule has 0 aliphatic rings. The summed E-state index contributed by atoms with van der Waals surface area (Å²) < 4.78 is 39.6. The van der Waals surface area contributed by atoms with Gasteiger partial charge in [0.2, 0.25) is 0 Å². The zero-order chi connectivity index (χ0) is 14.5. The minimum Gasteiger partial charge on any atom is -0.406 e. The first kappa shape index (κ1) is 15.8. The topological polar surface area (TPSA) is 41.5 Å². The number of rotatable bonds is 6. The second-order valence-corrected chi connectivity index (χ2v) is 4.65. The average Bonchev–Trinajstić information content (AvgIpc) is 2.29. The highest BCUT2D eigenvalue weighted by Crippen LogP contribution is 2.22. The van der Waals surface area contributed by atoms with Gasteiger partial charge in [0.25, 0.3) is 0 Å². The van der Waals surface area contributed by atoms with E-state index in [0.29, 0.717) is 19.5 Å². The van der Waals surface area contributed by atoms with Crippen LogP contribution in [0.4, 0.5) is 13.2 Å². The lowest BCUT2D eigenvalue weighted by atomic mass is 10.0. The molecule has 0 spiro atoms. The summed E-state index contributed by atoms with van der Waals surface area (Å²) in [5, 5.41) is 12.8. The van der Waals surface area contributed by atoms with Crippen LogP contribution in [0.5, 0.6) is 5.75 Å². The highest BCUT2D eigenvalue weighted by molar-refractivity contribution is 5.27. The van der Waals surface area contributed by atoms with E-state index in [1.54, 1.807) is 19.1 Å². The summed E-state index contributed by atoms with van der Waals surface area (Å²) in [6, 6.07) is 5.63. The highest BCUT2D eigenvalue weighted by Gasteiger charge is 2.30. The van der Waals surface area contributed by atoms with Gasteiger partial charge in [0.1, 0.15) is 5.75 Å². The van der Waals surface area contributed by atoms with Gasteiger partial charge in [0, 0.05) is 13.1 Å². The van der Waals surface area contributed by atoms with Gasteiger partial charge in [-0.25, -0.2) is 0 Å². The lowest BCUT2D eigenvalue weighted by Gasteiger charge is -2.21. The Morgan fingerprint density at radius 3 is 2.26 bits per heavy atom. The van der Waals surface area contributed by atoms with Gasteiger partial charge < -0.3 is 15.2 Å². The first-order chi connectivity index (χ1) is 8.72. The number of hydrogen-bond donors (Lipinski definition) is 2. The predicted octanol–water partition coefficient (Wildman–Crippen LogP) is 2.84. The van der Waals surface area contributed by atoms with Crippen LogP contribution >= 0.6 is 0 Å². The van der Waals surface area contributed by atoms with Crippen molar-refractivity contribution in [2.24, 2.45) is 0 Å². The summed E-state index contributed by atoms with van der Waals surface area (Å²) in [6.45, 7) is 4.50. The molecule has 0 aromatic heterocycles. The van der Waals surface area contributed by atoms with E-state index >= 15 is 0 Å². The lowest BCUT2D eigenvalue weighted by molar-refractivity contribution is -0.274. The van der Waals surface area contributed by atoms with Gasteiger partial charge >= 0.3 is 6.36 Å². The molecule has 1 aromatic carbocycles. The maximum absolute atomic E-state index is 12.0. The van der Waals surface area contributed by atoms with E-state index in [9.17, 15) is 18.3 Å². The molecule has 0 aliphatic heterocycles. The molecule has 3 nitrogen and oxygen atoms in total. The van der Waals surface area contributed by atoms with E-state index in [4.69, 9.17) is 0 Å². The van der Waals surface area contributed by atoms with Gasteiger partial charge in [-0.05, 0) is 31.0 Å². The minimum atomic E-state index is -4.67. The molecule has 108 valence electrons. The van der Waals surface area contributed by atoms with E-state index in [2.05, 4.69) is 10.1 Å². The number of nitrogens with one attached hydrogen (secondary N) is 1. The van der Waals surface area contributed by atoms with Gasteiger partial charge in [-0.2, -0.15) is 0 Å². The Bertz CT molecular complexity index is 388. The highest BCUT2D eigenvalue weighted by atomic mass is 19.4. The number of benzene rings is 1. The van der Waals surface area contributed by atoms with Crippen LogP contribution in [-0.2, 0) is 6.54 Å². The molecular formula is C13H18F3NO2. The SMILES string of the molecule is CCC(C)(O)CNCc1ccc(OC(F)(F)F)cc1. The third kappa shape index (κ3) is 6.45. The van der Waals surface area contributed by atoms with Crippen molar-refractivity contribution in [1.29, 1.82) is 0 Å². The quantitative estimate of drug-likeness (QED) is 0.840. The third-order valence-corrected chi connectivity index (χ3v) is 2.75. The van der Waals surface area contributed by atoms with Crippen LogP contribution in [0.3, 0.4) is 0 Å². The van der Waals surface area contributed by atoms with Crippen LogP contribution in [0.15, 0.2) is 24.3 Å². The van der Waals surface area contributed by atoms with Crippen molar-refractivity contribution < 1.29 is 23.0 Å². The zero-order valence-corrected chi connectivity index (χ0v) is 10.9. The fourth-order valence-corrected chi connectivity index (χ4v) is 1.41. The standard InChI is InChI=1S/C13H18F3NO2/c1-3-12(2,18)9-17-8-10-4-6-11(7-5-10)19-13(14,15)16/h4-7,17-18H,3,8-9H2,1-2H3. The Kier molecular flexibility index (Phi) is 5.20. The van der Waals surface area contributed by atoms with Gasteiger partial charge in [-0.15, -0.1) is 13.2 Å². The zero-order valence-electron chi connectivity index (χ0n) is 10.9. The molecule has 1 rings (SSSR count). The van der Waals surface area contributed by atoms with Crippen molar-refractivity contribution >= 4 is 0 Å². The van der Waals surface area contributed by atoms with Crippen molar-refractivity contribution in [3.8, 4) is 5.75 Å². The van der Waals surface area contributed by atoms with Crippen LogP contribution in [0, 0.1) is 0 Å². The van der Waals surface area contributed by atoms with E-state index in [0.717, 1.165) is 5.56 Å². The van der Waals surface area contributed by atoms with E-state index in [1.807, 2.05) is 6.92 Å². The Morgan fingerprint density at radius 2 is 1.79 bits per heavy atom.